The molecule has 0 bridgehead atoms. The summed E-state index contributed by atoms with van der Waals surface area (Å²) >= 11 is 1.03. The van der Waals surface area contributed by atoms with Gasteiger partial charge in [0.15, 0.2) is 16.7 Å². The number of anilines is 1. The van der Waals surface area contributed by atoms with E-state index in [1.807, 2.05) is 0 Å². The molecule has 5 nitrogen and oxygen atoms in total. The van der Waals surface area contributed by atoms with Crippen LogP contribution in [0.4, 0.5) is 22.7 Å². The lowest BCUT2D eigenvalue weighted by Gasteiger charge is -2.15. The Labute approximate surface area is 161 Å². The van der Waals surface area contributed by atoms with E-state index >= 15 is 0 Å². The van der Waals surface area contributed by atoms with Crippen LogP contribution in [0.3, 0.4) is 0 Å². The second kappa shape index (κ2) is 7.40. The van der Waals surface area contributed by atoms with Crippen LogP contribution in [0.2, 0.25) is 0 Å². The fraction of sp³-hybridized carbons (Fsp3) is 0.118. The zero-order valence-electron chi connectivity index (χ0n) is 14.1. The highest BCUT2D eigenvalue weighted by molar-refractivity contribution is 7.93. The molecule has 3 rings (SSSR count). The Morgan fingerprint density at radius 3 is 2.43 bits per heavy atom. The number of thiazole rings is 1. The molecular formula is C17H12F4N2O3S2. The predicted molar refractivity (Wildman–Crippen MR) is 95.6 cm³/mol. The van der Waals surface area contributed by atoms with Gasteiger partial charge in [-0.15, -0.1) is 11.3 Å². The van der Waals surface area contributed by atoms with Gasteiger partial charge in [-0.05, 0) is 37.3 Å². The van der Waals surface area contributed by atoms with Gasteiger partial charge in [0.2, 0.25) is 0 Å². The van der Waals surface area contributed by atoms with E-state index in [0.717, 1.165) is 35.6 Å². The summed E-state index contributed by atoms with van der Waals surface area (Å²) in [5, 5.41) is 1.64. The number of alkyl halides is 3. The molecule has 0 aliphatic rings. The van der Waals surface area contributed by atoms with Crippen molar-refractivity contribution in [3.05, 3.63) is 64.9 Å². The van der Waals surface area contributed by atoms with E-state index < -0.39 is 44.0 Å². The molecule has 0 unspecified atom stereocenters. The summed E-state index contributed by atoms with van der Waals surface area (Å²) in [5.74, 6) is -2.26. The summed E-state index contributed by atoms with van der Waals surface area (Å²) in [4.78, 5) is 3.34. The van der Waals surface area contributed by atoms with Gasteiger partial charge in [0.05, 0.1) is 10.5 Å². The van der Waals surface area contributed by atoms with E-state index in [1.165, 1.54) is 19.2 Å². The van der Waals surface area contributed by atoms with E-state index in [2.05, 4.69) is 9.71 Å². The Hall–Kier alpha value is -2.66. The van der Waals surface area contributed by atoms with Gasteiger partial charge in [-0.3, -0.25) is 4.72 Å². The third-order valence-electron chi connectivity index (χ3n) is 3.53. The monoisotopic (exact) mass is 432 g/mol. The third kappa shape index (κ3) is 4.42. The summed E-state index contributed by atoms with van der Waals surface area (Å²) in [6.07, 6.45) is -3.31. The minimum atomic E-state index is -4.70. The predicted octanol–water partition coefficient (Wildman–Crippen LogP) is 5.20. The summed E-state index contributed by atoms with van der Waals surface area (Å²) in [6.45, 7) is 1.48. The maximum absolute atomic E-state index is 14.3. The fourth-order valence-electron chi connectivity index (χ4n) is 2.25. The lowest BCUT2D eigenvalue weighted by molar-refractivity contribution is -0.138. The number of nitrogens with zero attached hydrogens (tertiary/aromatic N) is 1. The van der Waals surface area contributed by atoms with Crippen molar-refractivity contribution in [2.45, 2.75) is 18.0 Å². The quantitative estimate of drug-likeness (QED) is 0.563. The number of hydrogen-bond donors (Lipinski definition) is 1. The largest absolute Gasteiger partial charge is 0.454 e. The van der Waals surface area contributed by atoms with Gasteiger partial charge in [0.25, 0.3) is 10.0 Å². The smallest absolute Gasteiger partial charge is 0.419 e. The van der Waals surface area contributed by atoms with Crippen LogP contribution in [0, 0.1) is 12.7 Å². The van der Waals surface area contributed by atoms with Crippen LogP contribution in [0.15, 0.2) is 52.9 Å². The van der Waals surface area contributed by atoms with Gasteiger partial charge in [0, 0.05) is 11.6 Å². The number of rotatable bonds is 5. The first-order chi connectivity index (χ1) is 13.1. The first-order valence-corrected chi connectivity index (χ1v) is 10.00. The van der Waals surface area contributed by atoms with Crippen LogP contribution in [0.1, 0.15) is 11.1 Å². The third-order valence-corrected chi connectivity index (χ3v) is 5.68. The maximum atomic E-state index is 14.3. The molecule has 1 N–H and O–H groups in total. The number of halogens is 4. The number of nitrogens with one attached hydrogen (secondary N) is 1. The topological polar surface area (TPSA) is 68.3 Å². The summed E-state index contributed by atoms with van der Waals surface area (Å²) in [5.41, 5.74) is -0.705. The van der Waals surface area contributed by atoms with Gasteiger partial charge >= 0.3 is 6.18 Å². The molecule has 3 aromatic rings. The molecule has 0 amide bonds. The Balaban J connectivity index is 1.90. The van der Waals surface area contributed by atoms with Gasteiger partial charge in [-0.1, -0.05) is 11.6 Å². The highest BCUT2D eigenvalue weighted by atomic mass is 32.2. The normalized spacial score (nSPS) is 12.0. The van der Waals surface area contributed by atoms with Crippen LogP contribution in [0.25, 0.3) is 0 Å². The van der Waals surface area contributed by atoms with Crippen molar-refractivity contribution in [2.75, 3.05) is 4.72 Å². The zero-order chi connectivity index (χ0) is 20.5. The van der Waals surface area contributed by atoms with Crippen LogP contribution in [-0.2, 0) is 16.2 Å². The van der Waals surface area contributed by atoms with E-state index in [-0.39, 0.29) is 5.13 Å². The average molecular weight is 432 g/mol. The van der Waals surface area contributed by atoms with Crippen molar-refractivity contribution in [1.82, 2.24) is 4.98 Å². The molecule has 0 atom stereocenters. The summed E-state index contributed by atoms with van der Waals surface area (Å²) in [6, 6.07) is 5.98. The van der Waals surface area contributed by atoms with Crippen molar-refractivity contribution < 1.29 is 30.7 Å². The number of hydrogen-bond acceptors (Lipinski definition) is 5. The Morgan fingerprint density at radius 1 is 1.11 bits per heavy atom. The Kier molecular flexibility index (Phi) is 5.31. The van der Waals surface area contributed by atoms with Gasteiger partial charge in [-0.25, -0.2) is 17.8 Å². The fourth-order valence-corrected chi connectivity index (χ4v) is 4.05. The summed E-state index contributed by atoms with van der Waals surface area (Å²) in [7, 11) is -4.11. The SMILES string of the molecule is Cc1ccc(Oc2ccc(S(=O)(=O)Nc3nccs3)cc2F)c(C(F)(F)F)c1. The number of sulfonamides is 1. The highest BCUT2D eigenvalue weighted by Gasteiger charge is 2.35. The zero-order valence-corrected chi connectivity index (χ0v) is 15.8. The first kappa shape index (κ1) is 20.1. The molecule has 0 aliphatic carbocycles. The second-order valence-electron chi connectivity index (χ2n) is 5.63. The van der Waals surface area contributed by atoms with Crippen LogP contribution in [0.5, 0.6) is 11.5 Å². The molecule has 0 aliphatic heterocycles. The van der Waals surface area contributed by atoms with Crippen molar-refractivity contribution >= 4 is 26.5 Å². The minimum absolute atomic E-state index is 0.0928. The van der Waals surface area contributed by atoms with Crippen LogP contribution < -0.4 is 9.46 Å². The van der Waals surface area contributed by atoms with Crippen molar-refractivity contribution in [2.24, 2.45) is 0 Å². The van der Waals surface area contributed by atoms with Crippen molar-refractivity contribution in [3.63, 3.8) is 0 Å². The maximum Gasteiger partial charge on any atom is 0.419 e. The summed E-state index contributed by atoms with van der Waals surface area (Å²) < 4.78 is 85.6. The lowest BCUT2D eigenvalue weighted by Crippen LogP contribution is -2.13. The molecule has 0 saturated heterocycles. The van der Waals surface area contributed by atoms with Crippen LogP contribution in [-0.4, -0.2) is 13.4 Å². The van der Waals surface area contributed by atoms with E-state index in [9.17, 15) is 26.0 Å². The molecule has 1 aromatic heterocycles. The van der Waals surface area contributed by atoms with Gasteiger partial charge < -0.3 is 4.74 Å². The molecule has 0 spiro atoms. The Morgan fingerprint density at radius 2 is 1.82 bits per heavy atom. The average Bonchev–Trinajstić information content (AvgIpc) is 3.09. The highest BCUT2D eigenvalue weighted by Crippen LogP contribution is 2.39. The molecule has 0 radical (unpaired) electrons. The molecule has 28 heavy (non-hydrogen) atoms. The van der Waals surface area contributed by atoms with E-state index in [1.54, 1.807) is 5.38 Å². The van der Waals surface area contributed by atoms with Crippen LogP contribution >= 0.6 is 11.3 Å². The molecular weight excluding hydrogens is 420 g/mol. The number of aryl methyl sites for hydroxylation is 1. The number of ether oxygens (including phenoxy) is 1. The van der Waals surface area contributed by atoms with Gasteiger partial charge in [-0.2, -0.15) is 13.2 Å². The molecule has 11 heteroatoms. The number of aromatic nitrogens is 1. The first-order valence-electron chi connectivity index (χ1n) is 7.64. The van der Waals surface area contributed by atoms with Gasteiger partial charge in [0.1, 0.15) is 5.75 Å². The van der Waals surface area contributed by atoms with E-state index in [0.29, 0.717) is 11.6 Å². The molecule has 0 saturated carbocycles. The minimum Gasteiger partial charge on any atom is -0.454 e. The number of benzene rings is 2. The lowest BCUT2D eigenvalue weighted by atomic mass is 10.1. The Bertz CT molecular complexity index is 1100. The standard InChI is InChI=1S/C17H12F4N2O3S2/c1-10-2-4-14(12(8-10)17(19,20)21)26-15-5-3-11(9-13(15)18)28(24,25)23-16-22-6-7-27-16/h2-9H,1H3,(H,22,23). The van der Waals surface area contributed by atoms with E-state index in [4.69, 9.17) is 4.74 Å². The second-order valence-corrected chi connectivity index (χ2v) is 8.21. The van der Waals surface area contributed by atoms with Crippen molar-refractivity contribution in [1.29, 1.82) is 0 Å². The molecule has 1 heterocycles. The van der Waals surface area contributed by atoms with Crippen molar-refractivity contribution in [3.8, 4) is 11.5 Å². The molecule has 0 fully saturated rings. The molecule has 2 aromatic carbocycles. The molecule has 148 valence electrons.